The van der Waals surface area contributed by atoms with Crippen molar-refractivity contribution in [2.24, 2.45) is 5.84 Å². The molecule has 108 valence electrons. The summed E-state index contributed by atoms with van der Waals surface area (Å²) < 4.78 is 1.23. The van der Waals surface area contributed by atoms with E-state index < -0.39 is 0 Å². The Morgan fingerprint density at radius 1 is 1.30 bits per heavy atom. The van der Waals surface area contributed by atoms with Crippen LogP contribution in [-0.4, -0.2) is 4.98 Å². The smallest absolute Gasteiger partial charge is 0.0948 e. The fourth-order valence-electron chi connectivity index (χ4n) is 1.89. The van der Waals surface area contributed by atoms with Crippen molar-refractivity contribution < 1.29 is 0 Å². The third kappa shape index (κ3) is 4.00. The molecule has 0 aliphatic rings. The van der Waals surface area contributed by atoms with Crippen LogP contribution in [-0.2, 0) is 11.8 Å². The van der Waals surface area contributed by atoms with Crippen LogP contribution in [0.15, 0.2) is 29.6 Å². The second-order valence-corrected chi connectivity index (χ2v) is 8.04. The first-order chi connectivity index (χ1) is 9.40. The monoisotopic (exact) mass is 401 g/mol. The number of rotatable bonds is 4. The Morgan fingerprint density at radius 2 is 1.95 bits per heavy atom. The number of benzene rings is 1. The minimum Gasteiger partial charge on any atom is -0.271 e. The molecule has 2 rings (SSSR count). The van der Waals surface area contributed by atoms with E-state index in [4.69, 9.17) is 10.8 Å². The van der Waals surface area contributed by atoms with Crippen LogP contribution in [0.4, 0.5) is 0 Å². The summed E-state index contributed by atoms with van der Waals surface area (Å²) in [5, 5.41) is 3.27. The highest BCUT2D eigenvalue weighted by Crippen LogP contribution is 2.26. The molecule has 0 radical (unpaired) electrons. The van der Waals surface area contributed by atoms with Gasteiger partial charge in [-0.1, -0.05) is 32.9 Å². The maximum atomic E-state index is 5.71. The fraction of sp³-hybridized carbons (Fsp3) is 0.400. The van der Waals surface area contributed by atoms with Crippen molar-refractivity contribution in [2.45, 2.75) is 38.6 Å². The van der Waals surface area contributed by atoms with Gasteiger partial charge >= 0.3 is 0 Å². The molecule has 1 aromatic heterocycles. The third-order valence-corrected chi connectivity index (χ3v) is 4.76. The summed E-state index contributed by atoms with van der Waals surface area (Å²) in [5.41, 5.74) is 5.34. The van der Waals surface area contributed by atoms with Gasteiger partial charge in [-0.2, -0.15) is 0 Å². The number of hydrazine groups is 1. The summed E-state index contributed by atoms with van der Waals surface area (Å²) in [6.07, 6.45) is 0.817. The van der Waals surface area contributed by atoms with E-state index in [1.165, 1.54) is 9.13 Å². The molecule has 0 bridgehead atoms. The Morgan fingerprint density at radius 3 is 2.45 bits per heavy atom. The first kappa shape index (κ1) is 15.9. The van der Waals surface area contributed by atoms with Gasteiger partial charge in [-0.25, -0.2) is 4.98 Å². The number of nitrogens with zero attached hydrogens (tertiary/aromatic N) is 1. The SMILES string of the molecule is CC(C)(C)c1csc(CC(NN)c2ccc(I)cc2)n1. The zero-order valence-corrected chi connectivity index (χ0v) is 15.0. The first-order valence-electron chi connectivity index (χ1n) is 6.56. The molecule has 2 aromatic rings. The van der Waals surface area contributed by atoms with Gasteiger partial charge in [0.15, 0.2) is 0 Å². The molecule has 3 N–H and O–H groups in total. The molecular formula is C15H20IN3S. The largest absolute Gasteiger partial charge is 0.271 e. The van der Waals surface area contributed by atoms with Gasteiger partial charge in [0, 0.05) is 20.8 Å². The molecule has 1 unspecified atom stereocenters. The third-order valence-electron chi connectivity index (χ3n) is 3.17. The van der Waals surface area contributed by atoms with Crippen molar-refractivity contribution in [3.8, 4) is 0 Å². The highest BCUT2D eigenvalue weighted by atomic mass is 127. The Hall–Kier alpha value is -0.500. The number of hydrogen-bond acceptors (Lipinski definition) is 4. The van der Waals surface area contributed by atoms with Crippen LogP contribution in [0.2, 0.25) is 0 Å². The molecule has 1 heterocycles. The molecule has 0 saturated carbocycles. The lowest BCUT2D eigenvalue weighted by atomic mass is 9.93. The number of nitrogens with two attached hydrogens (primary N) is 1. The number of aromatic nitrogens is 1. The van der Waals surface area contributed by atoms with E-state index in [0.29, 0.717) is 0 Å². The van der Waals surface area contributed by atoms with Gasteiger partial charge in [-0.3, -0.25) is 11.3 Å². The molecule has 0 amide bonds. The predicted octanol–water partition coefficient (Wildman–Crippen LogP) is 3.79. The highest BCUT2D eigenvalue weighted by Gasteiger charge is 2.19. The normalized spacial score (nSPS) is 13.4. The van der Waals surface area contributed by atoms with Crippen LogP contribution in [0.5, 0.6) is 0 Å². The zero-order valence-electron chi connectivity index (χ0n) is 12.0. The molecule has 0 spiro atoms. The Kier molecular flexibility index (Phi) is 5.17. The van der Waals surface area contributed by atoms with Crippen molar-refractivity contribution in [1.82, 2.24) is 10.4 Å². The summed E-state index contributed by atoms with van der Waals surface area (Å²) in [5.74, 6) is 5.71. The summed E-state index contributed by atoms with van der Waals surface area (Å²) in [4.78, 5) is 4.73. The number of nitrogens with one attached hydrogen (secondary N) is 1. The minimum atomic E-state index is 0.100. The first-order valence-corrected chi connectivity index (χ1v) is 8.52. The average Bonchev–Trinajstić information content (AvgIpc) is 2.85. The quantitative estimate of drug-likeness (QED) is 0.466. The van der Waals surface area contributed by atoms with Gasteiger partial charge < -0.3 is 0 Å². The zero-order chi connectivity index (χ0) is 14.8. The second kappa shape index (κ2) is 6.51. The Balaban J connectivity index is 2.14. The average molecular weight is 401 g/mol. The molecule has 0 fully saturated rings. The van der Waals surface area contributed by atoms with Crippen molar-refractivity contribution in [1.29, 1.82) is 0 Å². The number of halogens is 1. The second-order valence-electron chi connectivity index (χ2n) is 5.85. The standard InChI is InChI=1S/C15H20IN3S/c1-15(2,3)13-9-20-14(18-13)8-12(19-17)10-4-6-11(16)7-5-10/h4-7,9,12,19H,8,17H2,1-3H3. The van der Waals surface area contributed by atoms with Crippen LogP contribution in [0, 0.1) is 3.57 Å². The minimum absolute atomic E-state index is 0.100. The van der Waals surface area contributed by atoms with Gasteiger partial charge in [0.1, 0.15) is 0 Å². The number of hydrogen-bond donors (Lipinski definition) is 2. The molecule has 0 aliphatic heterocycles. The van der Waals surface area contributed by atoms with E-state index in [1.807, 2.05) is 0 Å². The van der Waals surface area contributed by atoms with E-state index in [-0.39, 0.29) is 11.5 Å². The maximum Gasteiger partial charge on any atom is 0.0948 e. The van der Waals surface area contributed by atoms with Crippen LogP contribution < -0.4 is 11.3 Å². The van der Waals surface area contributed by atoms with E-state index in [1.54, 1.807) is 11.3 Å². The van der Waals surface area contributed by atoms with Crippen molar-refractivity contribution in [3.05, 3.63) is 49.5 Å². The topological polar surface area (TPSA) is 50.9 Å². The molecule has 20 heavy (non-hydrogen) atoms. The van der Waals surface area contributed by atoms with Crippen LogP contribution in [0.1, 0.15) is 43.1 Å². The summed E-state index contributed by atoms with van der Waals surface area (Å²) in [6, 6.07) is 8.53. The lowest BCUT2D eigenvalue weighted by Gasteiger charge is -2.16. The Bertz CT molecular complexity index is 557. The fourth-order valence-corrected chi connectivity index (χ4v) is 3.32. The van der Waals surface area contributed by atoms with Crippen molar-refractivity contribution >= 4 is 33.9 Å². The van der Waals surface area contributed by atoms with E-state index in [2.05, 4.69) is 78.4 Å². The van der Waals surface area contributed by atoms with Gasteiger partial charge in [-0.05, 0) is 40.3 Å². The van der Waals surface area contributed by atoms with Gasteiger partial charge in [0.05, 0.1) is 16.7 Å². The van der Waals surface area contributed by atoms with Gasteiger partial charge in [-0.15, -0.1) is 11.3 Å². The predicted molar refractivity (Wildman–Crippen MR) is 93.7 cm³/mol. The van der Waals surface area contributed by atoms with Gasteiger partial charge in [0.25, 0.3) is 0 Å². The summed E-state index contributed by atoms with van der Waals surface area (Å²) >= 11 is 4.02. The van der Waals surface area contributed by atoms with Crippen LogP contribution >= 0.6 is 33.9 Å². The van der Waals surface area contributed by atoms with Gasteiger partial charge in [0.2, 0.25) is 0 Å². The lowest BCUT2D eigenvalue weighted by Crippen LogP contribution is -2.29. The molecule has 5 heteroatoms. The van der Waals surface area contributed by atoms with Crippen molar-refractivity contribution in [2.75, 3.05) is 0 Å². The molecule has 3 nitrogen and oxygen atoms in total. The molecule has 1 aromatic carbocycles. The lowest BCUT2D eigenvalue weighted by molar-refractivity contribution is 0.541. The van der Waals surface area contributed by atoms with Crippen molar-refractivity contribution in [3.63, 3.8) is 0 Å². The van der Waals surface area contributed by atoms with E-state index in [0.717, 1.165) is 17.1 Å². The maximum absolute atomic E-state index is 5.71. The van der Waals surface area contributed by atoms with E-state index >= 15 is 0 Å². The number of thiazole rings is 1. The summed E-state index contributed by atoms with van der Waals surface area (Å²) in [7, 11) is 0. The van der Waals surface area contributed by atoms with Crippen LogP contribution in [0.25, 0.3) is 0 Å². The molecular weight excluding hydrogens is 381 g/mol. The highest BCUT2D eigenvalue weighted by molar-refractivity contribution is 14.1. The molecule has 0 aliphatic carbocycles. The molecule has 0 saturated heterocycles. The molecule has 1 atom stereocenters. The van der Waals surface area contributed by atoms with Crippen LogP contribution in [0.3, 0.4) is 0 Å². The summed E-state index contributed by atoms with van der Waals surface area (Å²) in [6.45, 7) is 6.55. The van der Waals surface area contributed by atoms with E-state index in [9.17, 15) is 0 Å². The Labute approximate surface area is 138 Å².